The minimum Gasteiger partial charge on any atom is -0.368 e. The highest BCUT2D eigenvalue weighted by molar-refractivity contribution is 6.30. The van der Waals surface area contributed by atoms with Crippen molar-refractivity contribution in [2.45, 2.75) is 32.9 Å². The van der Waals surface area contributed by atoms with Gasteiger partial charge in [-0.15, -0.1) is 0 Å². The number of piperazine rings is 1. The molecule has 1 amide bonds. The molecule has 7 nitrogen and oxygen atoms in total. The van der Waals surface area contributed by atoms with E-state index in [4.69, 9.17) is 11.6 Å². The van der Waals surface area contributed by atoms with E-state index in [1.807, 2.05) is 29.2 Å². The van der Waals surface area contributed by atoms with Crippen molar-refractivity contribution in [1.82, 2.24) is 20.4 Å². The number of rotatable bonds is 5. The topological polar surface area (TPSA) is 63.2 Å². The lowest BCUT2D eigenvalue weighted by Crippen LogP contribution is -2.53. The van der Waals surface area contributed by atoms with Gasteiger partial charge in [0.05, 0.1) is 6.54 Å². The van der Waals surface area contributed by atoms with Gasteiger partial charge < -0.3 is 20.4 Å². The van der Waals surface area contributed by atoms with Gasteiger partial charge >= 0.3 is 0 Å². The molecule has 0 aliphatic carbocycles. The van der Waals surface area contributed by atoms with E-state index < -0.39 is 0 Å². The van der Waals surface area contributed by atoms with Gasteiger partial charge in [0.25, 0.3) is 0 Å². The number of likely N-dealkylation sites (tertiary alicyclic amines) is 1. The Balaban J connectivity index is 1.43. The summed E-state index contributed by atoms with van der Waals surface area (Å²) in [6, 6.07) is 8.76. The second-order valence-corrected chi connectivity index (χ2v) is 8.98. The van der Waals surface area contributed by atoms with Crippen molar-refractivity contribution in [3.05, 3.63) is 29.3 Å². The smallest absolute Gasteiger partial charge is 0.242 e. The van der Waals surface area contributed by atoms with Crippen LogP contribution in [0, 0.1) is 5.92 Å². The highest BCUT2D eigenvalue weighted by atomic mass is 35.5. The Hall–Kier alpha value is -1.99. The van der Waals surface area contributed by atoms with E-state index in [0.717, 1.165) is 50.0 Å². The van der Waals surface area contributed by atoms with Crippen LogP contribution < -0.4 is 15.5 Å². The van der Waals surface area contributed by atoms with Crippen LogP contribution in [0.1, 0.15) is 20.8 Å². The lowest BCUT2D eigenvalue weighted by Gasteiger charge is -2.36. The zero-order chi connectivity index (χ0) is 21.7. The molecule has 2 unspecified atom stereocenters. The molecule has 2 atom stereocenters. The molecule has 1 aromatic carbocycles. The molecule has 0 saturated carbocycles. The maximum Gasteiger partial charge on any atom is 0.242 e. The largest absolute Gasteiger partial charge is 0.368 e. The third-order valence-electron chi connectivity index (χ3n) is 6.15. The first-order chi connectivity index (χ1) is 14.4. The number of aliphatic imine (C=N–C) groups is 1. The number of nitrogens with zero attached hydrogens (tertiary/aromatic N) is 4. The molecule has 2 N–H and O–H groups in total. The quantitative estimate of drug-likeness (QED) is 0.547. The number of benzene rings is 1. The Morgan fingerprint density at radius 1 is 1.17 bits per heavy atom. The van der Waals surface area contributed by atoms with Crippen LogP contribution in [-0.2, 0) is 4.79 Å². The monoisotopic (exact) mass is 434 g/mol. The predicted molar refractivity (Wildman–Crippen MR) is 124 cm³/mol. The van der Waals surface area contributed by atoms with Crippen LogP contribution in [0.2, 0.25) is 5.02 Å². The Bertz CT molecular complexity index is 730. The van der Waals surface area contributed by atoms with E-state index in [2.05, 4.69) is 46.2 Å². The van der Waals surface area contributed by atoms with Crippen molar-refractivity contribution in [1.29, 1.82) is 0 Å². The number of amides is 1. The molecule has 2 heterocycles. The van der Waals surface area contributed by atoms with Gasteiger partial charge in [-0.05, 0) is 44.0 Å². The van der Waals surface area contributed by atoms with Gasteiger partial charge in [-0.25, -0.2) is 0 Å². The molecule has 2 fully saturated rings. The van der Waals surface area contributed by atoms with Gasteiger partial charge in [0.15, 0.2) is 5.96 Å². The highest BCUT2D eigenvalue weighted by Crippen LogP contribution is 2.20. The Kier molecular flexibility index (Phi) is 7.83. The summed E-state index contributed by atoms with van der Waals surface area (Å²) in [7, 11) is 1.75. The molecule has 2 saturated heterocycles. The van der Waals surface area contributed by atoms with Crippen molar-refractivity contribution < 1.29 is 4.79 Å². The van der Waals surface area contributed by atoms with E-state index in [1.54, 1.807) is 7.05 Å². The summed E-state index contributed by atoms with van der Waals surface area (Å²) in [6.45, 7) is 12.2. The van der Waals surface area contributed by atoms with E-state index in [9.17, 15) is 4.79 Å². The third kappa shape index (κ3) is 5.79. The summed E-state index contributed by atoms with van der Waals surface area (Å²) in [5, 5.41) is 7.45. The normalized spacial score (nSPS) is 23.2. The lowest BCUT2D eigenvalue weighted by molar-refractivity contribution is -0.130. The summed E-state index contributed by atoms with van der Waals surface area (Å²) in [4.78, 5) is 23.7. The molecular formula is C22H35ClN6O. The molecule has 30 heavy (non-hydrogen) atoms. The third-order valence-corrected chi connectivity index (χ3v) is 6.40. The van der Waals surface area contributed by atoms with E-state index in [1.165, 1.54) is 0 Å². The van der Waals surface area contributed by atoms with Crippen molar-refractivity contribution >= 4 is 29.2 Å². The molecule has 2 aliphatic rings. The van der Waals surface area contributed by atoms with E-state index in [-0.39, 0.29) is 12.5 Å². The summed E-state index contributed by atoms with van der Waals surface area (Å²) >= 11 is 5.97. The fraction of sp³-hybridized carbons (Fsp3) is 0.636. The van der Waals surface area contributed by atoms with Gasteiger partial charge in [0, 0.05) is 69.1 Å². The molecule has 3 rings (SSSR count). The van der Waals surface area contributed by atoms with Crippen LogP contribution in [0.25, 0.3) is 0 Å². The number of hydrogen-bond acceptors (Lipinski definition) is 4. The zero-order valence-electron chi connectivity index (χ0n) is 18.6. The van der Waals surface area contributed by atoms with Gasteiger partial charge in [-0.1, -0.05) is 18.5 Å². The summed E-state index contributed by atoms with van der Waals surface area (Å²) in [5.74, 6) is 1.35. The van der Waals surface area contributed by atoms with Crippen molar-refractivity contribution in [2.24, 2.45) is 10.9 Å². The maximum absolute atomic E-state index is 12.7. The number of guanidine groups is 1. The average molecular weight is 435 g/mol. The second kappa shape index (κ2) is 10.4. The molecule has 1 aromatic rings. The van der Waals surface area contributed by atoms with Crippen LogP contribution in [0.3, 0.4) is 0 Å². The molecule has 8 heteroatoms. The van der Waals surface area contributed by atoms with Gasteiger partial charge in [-0.3, -0.25) is 14.7 Å². The minimum absolute atomic E-state index is 0.108. The van der Waals surface area contributed by atoms with Crippen LogP contribution in [0.15, 0.2) is 29.3 Å². The van der Waals surface area contributed by atoms with E-state index in [0.29, 0.717) is 24.0 Å². The van der Waals surface area contributed by atoms with Crippen LogP contribution in [-0.4, -0.2) is 86.6 Å². The number of halogens is 1. The molecular weight excluding hydrogens is 400 g/mol. The summed E-state index contributed by atoms with van der Waals surface area (Å²) < 4.78 is 0. The fourth-order valence-electron chi connectivity index (χ4n) is 4.12. The van der Waals surface area contributed by atoms with Crippen LogP contribution in [0.4, 0.5) is 5.69 Å². The number of carbonyl (C=O) groups is 1. The minimum atomic E-state index is 0.108. The predicted octanol–water partition coefficient (Wildman–Crippen LogP) is 1.88. The highest BCUT2D eigenvalue weighted by Gasteiger charge is 2.31. The number of anilines is 1. The first-order valence-electron chi connectivity index (χ1n) is 10.9. The Labute approximate surface area is 185 Å². The molecule has 2 aliphatic heterocycles. The molecule has 0 aromatic heterocycles. The first-order valence-corrected chi connectivity index (χ1v) is 11.2. The van der Waals surface area contributed by atoms with Gasteiger partial charge in [0.1, 0.15) is 0 Å². The number of nitrogens with one attached hydrogen (secondary N) is 2. The van der Waals surface area contributed by atoms with Crippen molar-refractivity contribution in [3.63, 3.8) is 0 Å². The first kappa shape index (κ1) is 22.7. The van der Waals surface area contributed by atoms with Gasteiger partial charge in [0.2, 0.25) is 5.91 Å². The van der Waals surface area contributed by atoms with Crippen LogP contribution in [0.5, 0.6) is 0 Å². The fourth-order valence-corrected chi connectivity index (χ4v) is 4.25. The SMILES string of the molecule is CN=C(NCC(=O)N1CCN(c2ccc(Cl)cc2)CC1)NC1CN(C(C)C)CC1C. The Morgan fingerprint density at radius 3 is 2.40 bits per heavy atom. The van der Waals surface area contributed by atoms with E-state index >= 15 is 0 Å². The zero-order valence-corrected chi connectivity index (χ0v) is 19.3. The standard InChI is InChI=1S/C22H35ClN6O/c1-16(2)29-14-17(3)20(15-29)26-22(24-4)25-13-21(30)28-11-9-27(10-12-28)19-7-5-18(23)6-8-19/h5-8,16-17,20H,9-15H2,1-4H3,(H2,24,25,26). The van der Waals surface area contributed by atoms with Crippen molar-refractivity contribution in [2.75, 3.05) is 57.8 Å². The summed E-state index contributed by atoms with van der Waals surface area (Å²) in [5.41, 5.74) is 1.15. The molecule has 0 spiro atoms. The Morgan fingerprint density at radius 2 is 1.83 bits per heavy atom. The average Bonchev–Trinajstić information content (AvgIpc) is 3.12. The van der Waals surface area contributed by atoms with Crippen molar-refractivity contribution in [3.8, 4) is 0 Å². The summed E-state index contributed by atoms with van der Waals surface area (Å²) in [6.07, 6.45) is 0. The van der Waals surface area contributed by atoms with Crippen LogP contribution >= 0.6 is 11.6 Å². The second-order valence-electron chi connectivity index (χ2n) is 8.55. The number of hydrogen-bond donors (Lipinski definition) is 2. The van der Waals surface area contributed by atoms with Gasteiger partial charge in [-0.2, -0.15) is 0 Å². The molecule has 0 bridgehead atoms. The molecule has 166 valence electrons. The maximum atomic E-state index is 12.7. The number of carbonyl (C=O) groups excluding carboxylic acids is 1. The molecule has 0 radical (unpaired) electrons. The lowest BCUT2D eigenvalue weighted by atomic mass is 10.1.